The van der Waals surface area contributed by atoms with Crippen LogP contribution < -0.4 is 5.32 Å². The molecule has 0 unspecified atom stereocenters. The molecule has 0 fully saturated rings. The molecule has 0 aliphatic rings. The van der Waals surface area contributed by atoms with E-state index in [-0.39, 0.29) is 12.4 Å². The van der Waals surface area contributed by atoms with E-state index in [2.05, 4.69) is 19.8 Å². The number of methoxy groups -OCH3 is 2. The maximum atomic E-state index is 11.1. The fourth-order valence-corrected chi connectivity index (χ4v) is 1.68. The van der Waals surface area contributed by atoms with Gasteiger partial charge < -0.3 is 14.8 Å². The van der Waals surface area contributed by atoms with Crippen LogP contribution in [0.5, 0.6) is 0 Å². The molecule has 16 heavy (non-hydrogen) atoms. The Morgan fingerprint density at radius 2 is 2.19 bits per heavy atom. The highest BCUT2D eigenvalue weighted by molar-refractivity contribution is 7.17. The molecule has 1 N–H and O–H groups in total. The van der Waals surface area contributed by atoms with Gasteiger partial charge in [-0.2, -0.15) is 0 Å². The highest BCUT2D eigenvalue weighted by Crippen LogP contribution is 2.18. The van der Waals surface area contributed by atoms with Crippen molar-refractivity contribution in [2.75, 3.05) is 26.1 Å². The zero-order valence-corrected chi connectivity index (χ0v) is 9.80. The number of ether oxygens (including phenoxy) is 2. The summed E-state index contributed by atoms with van der Waals surface area (Å²) in [4.78, 5) is 26.3. The van der Waals surface area contributed by atoms with Gasteiger partial charge in [-0.3, -0.25) is 4.79 Å². The van der Waals surface area contributed by atoms with Crippen LogP contribution in [0.1, 0.15) is 16.1 Å². The molecule has 0 spiro atoms. The quantitative estimate of drug-likeness (QED) is 0.775. The van der Waals surface area contributed by atoms with Crippen LogP contribution in [0.25, 0.3) is 0 Å². The number of carbonyl (C=O) groups excluding carboxylic acids is 2. The van der Waals surface area contributed by atoms with E-state index in [4.69, 9.17) is 0 Å². The predicted octanol–water partition coefficient (Wildman–Crippen LogP) is 0.905. The van der Waals surface area contributed by atoms with Gasteiger partial charge in [0.1, 0.15) is 4.88 Å². The second-order valence-electron chi connectivity index (χ2n) is 2.77. The minimum Gasteiger partial charge on any atom is -0.469 e. The lowest BCUT2D eigenvalue weighted by Gasteiger charge is -2.00. The summed E-state index contributed by atoms with van der Waals surface area (Å²) >= 11 is 1.18. The molecule has 0 saturated heterocycles. The molecule has 1 aromatic rings. The highest BCUT2D eigenvalue weighted by atomic mass is 32.1. The zero-order chi connectivity index (χ0) is 12.0. The van der Waals surface area contributed by atoms with Gasteiger partial charge in [0.25, 0.3) is 0 Å². The van der Waals surface area contributed by atoms with E-state index in [1.807, 2.05) is 0 Å². The van der Waals surface area contributed by atoms with E-state index >= 15 is 0 Å². The second kappa shape index (κ2) is 6.06. The fourth-order valence-electron chi connectivity index (χ4n) is 0.924. The molecular formula is C9H12N2O4S. The van der Waals surface area contributed by atoms with Crippen LogP contribution >= 0.6 is 11.3 Å². The molecule has 88 valence electrons. The third-order valence-corrected chi connectivity index (χ3v) is 2.66. The third kappa shape index (κ3) is 3.50. The molecule has 0 atom stereocenters. The monoisotopic (exact) mass is 244 g/mol. The summed E-state index contributed by atoms with van der Waals surface area (Å²) < 4.78 is 9.02. The van der Waals surface area contributed by atoms with Crippen LogP contribution in [0.15, 0.2) is 6.20 Å². The van der Waals surface area contributed by atoms with Gasteiger partial charge in [-0.15, -0.1) is 0 Å². The first-order valence-corrected chi connectivity index (χ1v) is 5.34. The van der Waals surface area contributed by atoms with Crippen molar-refractivity contribution in [3.63, 3.8) is 0 Å². The number of anilines is 1. The van der Waals surface area contributed by atoms with Crippen LogP contribution in [0.2, 0.25) is 0 Å². The standard InChI is InChI=1S/C9H12N2O4S/c1-14-7(12)3-4-10-9-11-5-6(16-9)8(13)15-2/h5H,3-4H2,1-2H3,(H,10,11). The molecule has 1 aromatic heterocycles. The number of esters is 2. The molecule has 0 amide bonds. The molecule has 0 bridgehead atoms. The van der Waals surface area contributed by atoms with Crippen molar-refractivity contribution in [1.82, 2.24) is 4.98 Å². The number of hydrogen-bond donors (Lipinski definition) is 1. The molecule has 0 radical (unpaired) electrons. The van der Waals surface area contributed by atoms with Crippen molar-refractivity contribution in [2.24, 2.45) is 0 Å². The van der Waals surface area contributed by atoms with Crippen LogP contribution in [0.4, 0.5) is 5.13 Å². The summed E-state index contributed by atoms with van der Waals surface area (Å²) in [7, 11) is 2.65. The minimum absolute atomic E-state index is 0.254. The van der Waals surface area contributed by atoms with E-state index in [0.717, 1.165) is 0 Å². The number of hydrogen-bond acceptors (Lipinski definition) is 7. The molecule has 0 aromatic carbocycles. The number of nitrogens with one attached hydrogen (secondary N) is 1. The molecule has 1 rings (SSSR count). The predicted molar refractivity (Wildman–Crippen MR) is 58.6 cm³/mol. The Balaban J connectivity index is 2.41. The first kappa shape index (κ1) is 12.4. The lowest BCUT2D eigenvalue weighted by molar-refractivity contribution is -0.140. The maximum absolute atomic E-state index is 11.1. The van der Waals surface area contributed by atoms with E-state index < -0.39 is 5.97 Å². The lowest BCUT2D eigenvalue weighted by Crippen LogP contribution is -2.09. The summed E-state index contributed by atoms with van der Waals surface area (Å²) in [5.74, 6) is -0.712. The summed E-state index contributed by atoms with van der Waals surface area (Å²) in [6.07, 6.45) is 1.68. The van der Waals surface area contributed by atoms with Crippen molar-refractivity contribution in [2.45, 2.75) is 6.42 Å². The summed E-state index contributed by atoms with van der Waals surface area (Å²) in [6.45, 7) is 0.417. The van der Waals surface area contributed by atoms with Crippen molar-refractivity contribution in [3.8, 4) is 0 Å². The van der Waals surface area contributed by atoms with Crippen molar-refractivity contribution in [1.29, 1.82) is 0 Å². The van der Waals surface area contributed by atoms with Gasteiger partial charge in [0.15, 0.2) is 5.13 Å². The van der Waals surface area contributed by atoms with Crippen molar-refractivity contribution < 1.29 is 19.1 Å². The molecule has 0 aliphatic heterocycles. The first-order valence-electron chi connectivity index (χ1n) is 4.52. The number of carbonyl (C=O) groups is 2. The molecular weight excluding hydrogens is 232 g/mol. The fraction of sp³-hybridized carbons (Fsp3) is 0.444. The van der Waals surface area contributed by atoms with Crippen molar-refractivity contribution in [3.05, 3.63) is 11.1 Å². The Hall–Kier alpha value is -1.63. The van der Waals surface area contributed by atoms with E-state index in [9.17, 15) is 9.59 Å². The Bertz CT molecular complexity index is 377. The van der Waals surface area contributed by atoms with Gasteiger partial charge in [0.2, 0.25) is 0 Å². The Labute approximate surface area is 96.6 Å². The molecule has 0 aliphatic carbocycles. The molecule has 1 heterocycles. The first-order chi connectivity index (χ1) is 7.67. The van der Waals surface area contributed by atoms with Gasteiger partial charge in [-0.1, -0.05) is 11.3 Å². The van der Waals surface area contributed by atoms with Crippen LogP contribution in [0.3, 0.4) is 0 Å². The van der Waals surface area contributed by atoms with Gasteiger partial charge in [-0.25, -0.2) is 9.78 Å². The summed E-state index contributed by atoms with van der Waals surface area (Å²) in [5.41, 5.74) is 0. The van der Waals surface area contributed by atoms with Gasteiger partial charge in [-0.05, 0) is 0 Å². The van der Waals surface area contributed by atoms with Gasteiger partial charge in [0, 0.05) is 6.54 Å². The van der Waals surface area contributed by atoms with Crippen LogP contribution in [-0.4, -0.2) is 37.7 Å². The van der Waals surface area contributed by atoms with Crippen LogP contribution in [0, 0.1) is 0 Å². The Morgan fingerprint density at radius 1 is 1.44 bits per heavy atom. The lowest BCUT2D eigenvalue weighted by atomic mass is 10.4. The Morgan fingerprint density at radius 3 is 2.81 bits per heavy atom. The minimum atomic E-state index is -0.418. The highest BCUT2D eigenvalue weighted by Gasteiger charge is 2.10. The molecule has 0 saturated carbocycles. The SMILES string of the molecule is COC(=O)CCNc1ncc(C(=O)OC)s1. The number of thiazole rings is 1. The van der Waals surface area contributed by atoms with Gasteiger partial charge >= 0.3 is 11.9 Å². The van der Waals surface area contributed by atoms with E-state index in [0.29, 0.717) is 16.6 Å². The third-order valence-electron chi connectivity index (χ3n) is 1.73. The second-order valence-corrected chi connectivity index (χ2v) is 3.80. The van der Waals surface area contributed by atoms with Crippen molar-refractivity contribution >= 4 is 28.4 Å². The molecule has 6 nitrogen and oxygen atoms in total. The largest absolute Gasteiger partial charge is 0.469 e. The number of nitrogens with zero attached hydrogens (tertiary/aromatic N) is 1. The molecule has 7 heteroatoms. The maximum Gasteiger partial charge on any atom is 0.349 e. The Kier molecular flexibility index (Phi) is 4.71. The van der Waals surface area contributed by atoms with E-state index in [1.165, 1.54) is 31.8 Å². The smallest absolute Gasteiger partial charge is 0.349 e. The van der Waals surface area contributed by atoms with Crippen LogP contribution in [-0.2, 0) is 14.3 Å². The van der Waals surface area contributed by atoms with Gasteiger partial charge in [0.05, 0.1) is 26.8 Å². The average molecular weight is 244 g/mol. The number of rotatable bonds is 5. The van der Waals surface area contributed by atoms with E-state index in [1.54, 1.807) is 0 Å². The number of aromatic nitrogens is 1. The topological polar surface area (TPSA) is 77.5 Å². The average Bonchev–Trinajstić information content (AvgIpc) is 2.76. The summed E-state index contributed by atoms with van der Waals surface area (Å²) in [6, 6.07) is 0. The normalized spacial score (nSPS) is 9.62. The summed E-state index contributed by atoms with van der Waals surface area (Å²) in [5, 5.41) is 3.48. The zero-order valence-electron chi connectivity index (χ0n) is 8.98.